The number of methoxy groups -OCH3 is 1. The second-order valence-electron chi connectivity index (χ2n) is 6.76. The van der Waals surface area contributed by atoms with Crippen LogP contribution >= 0.6 is 0 Å². The summed E-state index contributed by atoms with van der Waals surface area (Å²) in [5.74, 6) is -1.20. The lowest BCUT2D eigenvalue weighted by molar-refractivity contribution is -0.153. The molecule has 3 rings (SSSR count). The minimum absolute atomic E-state index is 0.0236. The highest BCUT2D eigenvalue weighted by molar-refractivity contribution is 6.21. The molecule has 0 spiro atoms. The number of nitrogens with one attached hydrogen (secondary N) is 1. The number of rotatable bonds is 8. The Morgan fingerprint density at radius 3 is 2.33 bits per heavy atom. The van der Waals surface area contributed by atoms with Crippen molar-refractivity contribution in [2.75, 3.05) is 19.0 Å². The highest BCUT2D eigenvalue weighted by atomic mass is 16.5. The van der Waals surface area contributed by atoms with Gasteiger partial charge < -0.3 is 14.8 Å². The molecule has 0 aromatic heterocycles. The van der Waals surface area contributed by atoms with Crippen LogP contribution in [0.2, 0.25) is 0 Å². The number of imide groups is 1. The molecule has 8 heteroatoms. The number of hydrogen-bond donors (Lipinski definition) is 1. The molecule has 0 bridgehead atoms. The van der Waals surface area contributed by atoms with Gasteiger partial charge in [0.15, 0.2) is 6.10 Å². The fourth-order valence-electron chi connectivity index (χ4n) is 3.08. The highest BCUT2D eigenvalue weighted by Crippen LogP contribution is 2.22. The van der Waals surface area contributed by atoms with E-state index in [2.05, 4.69) is 5.32 Å². The molecule has 0 saturated carbocycles. The Bertz CT molecular complexity index is 952. The maximum absolute atomic E-state index is 12.3. The molecule has 2 aromatic carbocycles. The maximum Gasteiger partial charge on any atom is 0.306 e. The van der Waals surface area contributed by atoms with Gasteiger partial charge in [-0.05, 0) is 37.6 Å². The van der Waals surface area contributed by atoms with E-state index in [9.17, 15) is 19.2 Å². The van der Waals surface area contributed by atoms with Gasteiger partial charge in [-0.25, -0.2) is 0 Å². The summed E-state index contributed by atoms with van der Waals surface area (Å²) in [6.07, 6.45) is -0.776. The first-order chi connectivity index (χ1) is 14.4. The van der Waals surface area contributed by atoms with E-state index in [0.29, 0.717) is 22.6 Å². The lowest BCUT2D eigenvalue weighted by atomic mass is 10.1. The number of anilines is 1. The normalized spacial score (nSPS) is 13.6. The SMILES string of the molecule is COc1cccc(NC(=O)[C@@H](C)OC(=O)CCCN2C(=O)c3ccccc3C2=O)c1. The standard InChI is InChI=1S/C22H22N2O6/c1-14(20(26)23-15-7-5-8-16(13-15)29-2)30-19(25)11-6-12-24-21(27)17-9-3-4-10-18(17)22(24)28/h3-5,7-10,13-14H,6,11-12H2,1-2H3,(H,23,26)/t14-/m1/s1. The summed E-state index contributed by atoms with van der Waals surface area (Å²) in [7, 11) is 1.52. The maximum atomic E-state index is 12.3. The molecule has 1 heterocycles. The van der Waals surface area contributed by atoms with Gasteiger partial charge in [0, 0.05) is 24.7 Å². The van der Waals surface area contributed by atoms with Crippen LogP contribution in [0.5, 0.6) is 5.75 Å². The number of benzene rings is 2. The second kappa shape index (κ2) is 9.21. The molecule has 0 fully saturated rings. The minimum atomic E-state index is -0.997. The first-order valence-electron chi connectivity index (χ1n) is 9.50. The van der Waals surface area contributed by atoms with Gasteiger partial charge in [-0.15, -0.1) is 0 Å². The molecule has 30 heavy (non-hydrogen) atoms. The lowest BCUT2D eigenvalue weighted by Crippen LogP contribution is -2.32. The molecular weight excluding hydrogens is 388 g/mol. The molecule has 0 radical (unpaired) electrons. The van der Waals surface area contributed by atoms with Crippen LogP contribution < -0.4 is 10.1 Å². The fourth-order valence-corrected chi connectivity index (χ4v) is 3.08. The largest absolute Gasteiger partial charge is 0.497 e. The number of esters is 1. The van der Waals surface area contributed by atoms with E-state index in [1.807, 2.05) is 0 Å². The molecule has 0 unspecified atom stereocenters. The average molecular weight is 410 g/mol. The van der Waals surface area contributed by atoms with Gasteiger partial charge in [0.1, 0.15) is 5.75 Å². The van der Waals surface area contributed by atoms with Crippen LogP contribution in [0.15, 0.2) is 48.5 Å². The van der Waals surface area contributed by atoms with Crippen molar-refractivity contribution < 1.29 is 28.7 Å². The van der Waals surface area contributed by atoms with E-state index in [-0.39, 0.29) is 31.2 Å². The minimum Gasteiger partial charge on any atom is -0.497 e. The summed E-state index contributed by atoms with van der Waals surface area (Å²) < 4.78 is 10.2. The first kappa shape index (κ1) is 21.0. The van der Waals surface area contributed by atoms with Gasteiger partial charge in [0.05, 0.1) is 18.2 Å². The molecule has 2 aromatic rings. The fraction of sp³-hybridized carbons (Fsp3) is 0.273. The van der Waals surface area contributed by atoms with Gasteiger partial charge in [0.2, 0.25) is 0 Å². The van der Waals surface area contributed by atoms with Crippen molar-refractivity contribution in [3.63, 3.8) is 0 Å². The molecule has 1 atom stereocenters. The van der Waals surface area contributed by atoms with Crippen LogP contribution in [0.1, 0.15) is 40.5 Å². The Balaban J connectivity index is 1.45. The van der Waals surface area contributed by atoms with Crippen molar-refractivity contribution in [2.24, 2.45) is 0 Å². The van der Waals surface area contributed by atoms with Crippen LogP contribution in [0.3, 0.4) is 0 Å². The molecule has 1 aliphatic rings. The van der Waals surface area contributed by atoms with Crippen LogP contribution in [0.25, 0.3) is 0 Å². The van der Waals surface area contributed by atoms with E-state index in [1.54, 1.807) is 48.5 Å². The van der Waals surface area contributed by atoms with Gasteiger partial charge in [0.25, 0.3) is 17.7 Å². The van der Waals surface area contributed by atoms with Crippen LogP contribution in [-0.4, -0.2) is 48.3 Å². The summed E-state index contributed by atoms with van der Waals surface area (Å²) in [5, 5.41) is 2.65. The molecule has 8 nitrogen and oxygen atoms in total. The summed E-state index contributed by atoms with van der Waals surface area (Å²) >= 11 is 0. The van der Waals surface area contributed by atoms with Crippen molar-refractivity contribution in [3.05, 3.63) is 59.7 Å². The zero-order valence-corrected chi connectivity index (χ0v) is 16.7. The number of amides is 3. The van der Waals surface area contributed by atoms with Gasteiger partial charge in [-0.3, -0.25) is 24.1 Å². The van der Waals surface area contributed by atoms with Crippen molar-refractivity contribution >= 4 is 29.4 Å². The van der Waals surface area contributed by atoms with E-state index >= 15 is 0 Å². The molecule has 3 amide bonds. The van der Waals surface area contributed by atoms with Crippen LogP contribution in [0.4, 0.5) is 5.69 Å². The number of carbonyl (C=O) groups is 4. The highest BCUT2D eigenvalue weighted by Gasteiger charge is 2.34. The summed E-state index contributed by atoms with van der Waals surface area (Å²) in [5.41, 5.74) is 1.26. The third-order valence-corrected chi connectivity index (χ3v) is 4.66. The summed E-state index contributed by atoms with van der Waals surface area (Å²) in [6, 6.07) is 13.4. The predicted molar refractivity (Wildman–Crippen MR) is 108 cm³/mol. The first-order valence-corrected chi connectivity index (χ1v) is 9.50. The zero-order valence-electron chi connectivity index (χ0n) is 16.7. The predicted octanol–water partition coefficient (Wildman–Crippen LogP) is 2.64. The van der Waals surface area contributed by atoms with E-state index < -0.39 is 18.0 Å². The molecular formula is C22H22N2O6. The van der Waals surface area contributed by atoms with Crippen molar-refractivity contribution in [1.82, 2.24) is 4.90 Å². The Labute approximate surface area is 173 Å². The Morgan fingerprint density at radius 2 is 1.70 bits per heavy atom. The Morgan fingerprint density at radius 1 is 1.03 bits per heavy atom. The van der Waals surface area contributed by atoms with Crippen LogP contribution in [-0.2, 0) is 14.3 Å². The third-order valence-electron chi connectivity index (χ3n) is 4.66. The quantitative estimate of drug-likeness (QED) is 0.530. The van der Waals surface area contributed by atoms with E-state index in [4.69, 9.17) is 9.47 Å². The number of ether oxygens (including phenoxy) is 2. The molecule has 1 N–H and O–H groups in total. The summed E-state index contributed by atoms with van der Waals surface area (Å²) in [6.45, 7) is 1.57. The summed E-state index contributed by atoms with van der Waals surface area (Å²) in [4.78, 5) is 50.0. The molecule has 0 saturated heterocycles. The van der Waals surface area contributed by atoms with Gasteiger partial charge >= 0.3 is 5.97 Å². The second-order valence-corrected chi connectivity index (χ2v) is 6.76. The zero-order chi connectivity index (χ0) is 21.7. The molecule has 156 valence electrons. The lowest BCUT2D eigenvalue weighted by Gasteiger charge is -2.15. The van der Waals surface area contributed by atoms with Crippen molar-refractivity contribution in [2.45, 2.75) is 25.9 Å². The smallest absolute Gasteiger partial charge is 0.306 e. The number of fused-ring (bicyclic) bond motifs is 1. The number of hydrogen-bond acceptors (Lipinski definition) is 6. The Kier molecular flexibility index (Phi) is 6.46. The van der Waals surface area contributed by atoms with E-state index in [1.165, 1.54) is 14.0 Å². The van der Waals surface area contributed by atoms with Crippen molar-refractivity contribution in [3.8, 4) is 5.75 Å². The average Bonchev–Trinajstić information content (AvgIpc) is 2.99. The van der Waals surface area contributed by atoms with Gasteiger partial charge in [-0.1, -0.05) is 18.2 Å². The number of nitrogens with zero attached hydrogens (tertiary/aromatic N) is 1. The Hall–Kier alpha value is -3.68. The van der Waals surface area contributed by atoms with Gasteiger partial charge in [-0.2, -0.15) is 0 Å². The molecule has 1 aliphatic heterocycles. The van der Waals surface area contributed by atoms with E-state index in [0.717, 1.165) is 4.90 Å². The molecule has 0 aliphatic carbocycles. The topological polar surface area (TPSA) is 102 Å². The third kappa shape index (κ3) is 4.65. The van der Waals surface area contributed by atoms with Crippen LogP contribution in [0, 0.1) is 0 Å². The monoisotopic (exact) mass is 410 g/mol. The number of carbonyl (C=O) groups excluding carboxylic acids is 4. The van der Waals surface area contributed by atoms with Crippen molar-refractivity contribution in [1.29, 1.82) is 0 Å².